The second-order valence-electron chi connectivity index (χ2n) is 4.41. The predicted octanol–water partition coefficient (Wildman–Crippen LogP) is 3.28. The Hall–Kier alpha value is -0.950. The molecule has 3 nitrogen and oxygen atoms in total. The van der Waals surface area contributed by atoms with E-state index in [0.29, 0.717) is 16.6 Å². The van der Waals surface area contributed by atoms with Gasteiger partial charge in [0.2, 0.25) is 0 Å². The quantitative estimate of drug-likeness (QED) is 0.908. The minimum Gasteiger partial charge on any atom is -0.490 e. The molecule has 98 valence electrons. The van der Waals surface area contributed by atoms with Gasteiger partial charge in [0.25, 0.3) is 0 Å². The number of benzene rings is 1. The highest BCUT2D eigenvalue weighted by molar-refractivity contribution is 6.31. The molecule has 1 fully saturated rings. The van der Waals surface area contributed by atoms with E-state index in [4.69, 9.17) is 27.3 Å². The fraction of sp³-hybridized carbons (Fsp3) is 0.462. The zero-order valence-corrected chi connectivity index (χ0v) is 11.5. The molecule has 1 aromatic rings. The van der Waals surface area contributed by atoms with Crippen molar-refractivity contribution >= 4 is 24.0 Å². The van der Waals surface area contributed by atoms with E-state index >= 15 is 0 Å². The second kappa shape index (κ2) is 6.84. The lowest BCUT2D eigenvalue weighted by Crippen LogP contribution is -2.31. The zero-order chi connectivity index (χ0) is 12.3. The highest BCUT2D eigenvalue weighted by Crippen LogP contribution is 2.26. The van der Waals surface area contributed by atoms with Crippen LogP contribution in [0.3, 0.4) is 0 Å². The van der Waals surface area contributed by atoms with Gasteiger partial charge in [-0.05, 0) is 37.8 Å². The monoisotopic (exact) mass is 286 g/mol. The molecule has 1 saturated carbocycles. The smallest absolute Gasteiger partial charge is 0.121 e. The third kappa shape index (κ3) is 3.78. The summed E-state index contributed by atoms with van der Waals surface area (Å²) in [6, 6.07) is 7.53. The molecule has 0 spiro atoms. The number of nitrogens with zero attached hydrogens (tertiary/aromatic N) is 1. The molecule has 0 aromatic heterocycles. The van der Waals surface area contributed by atoms with Crippen LogP contribution < -0.4 is 10.5 Å². The summed E-state index contributed by atoms with van der Waals surface area (Å²) in [5, 5.41) is 9.21. The van der Waals surface area contributed by atoms with E-state index in [0.717, 1.165) is 31.4 Å². The van der Waals surface area contributed by atoms with Crippen LogP contribution in [0.5, 0.6) is 5.75 Å². The molecule has 0 aliphatic heterocycles. The van der Waals surface area contributed by atoms with Crippen LogP contribution in [0.4, 0.5) is 0 Å². The molecule has 0 bridgehead atoms. The largest absolute Gasteiger partial charge is 0.490 e. The van der Waals surface area contributed by atoms with Crippen molar-refractivity contribution < 1.29 is 4.74 Å². The lowest BCUT2D eigenvalue weighted by molar-refractivity contribution is 0.147. The van der Waals surface area contributed by atoms with Crippen molar-refractivity contribution in [3.63, 3.8) is 0 Å². The molecule has 0 radical (unpaired) electrons. The van der Waals surface area contributed by atoms with E-state index in [1.54, 1.807) is 18.2 Å². The summed E-state index contributed by atoms with van der Waals surface area (Å²) in [4.78, 5) is 0. The molecule has 1 aliphatic carbocycles. The van der Waals surface area contributed by atoms with E-state index in [1.807, 2.05) is 6.07 Å². The van der Waals surface area contributed by atoms with E-state index < -0.39 is 0 Å². The van der Waals surface area contributed by atoms with Crippen molar-refractivity contribution in [2.45, 2.75) is 37.8 Å². The van der Waals surface area contributed by atoms with Gasteiger partial charge in [-0.3, -0.25) is 0 Å². The fourth-order valence-electron chi connectivity index (χ4n) is 2.06. The average molecular weight is 287 g/mol. The Morgan fingerprint density at radius 2 is 1.94 bits per heavy atom. The maximum absolute atomic E-state index is 8.77. The van der Waals surface area contributed by atoms with Crippen LogP contribution in [0.15, 0.2) is 18.2 Å². The number of nitriles is 1. The summed E-state index contributed by atoms with van der Waals surface area (Å²) in [5.74, 6) is 0.731. The van der Waals surface area contributed by atoms with Gasteiger partial charge in [-0.1, -0.05) is 11.6 Å². The van der Waals surface area contributed by atoms with E-state index in [2.05, 4.69) is 0 Å². The molecule has 18 heavy (non-hydrogen) atoms. The Labute approximate surface area is 118 Å². The first-order valence-electron chi connectivity index (χ1n) is 5.81. The first-order chi connectivity index (χ1) is 8.19. The molecule has 2 N–H and O–H groups in total. The van der Waals surface area contributed by atoms with Crippen molar-refractivity contribution in [1.29, 1.82) is 5.26 Å². The molecular formula is C13H16Cl2N2O. The third-order valence-electron chi connectivity index (χ3n) is 3.08. The highest BCUT2D eigenvalue weighted by atomic mass is 35.5. The van der Waals surface area contributed by atoms with Gasteiger partial charge in [-0.25, -0.2) is 0 Å². The summed E-state index contributed by atoms with van der Waals surface area (Å²) < 4.78 is 5.83. The highest BCUT2D eigenvalue weighted by Gasteiger charge is 2.19. The maximum Gasteiger partial charge on any atom is 0.121 e. The summed E-state index contributed by atoms with van der Waals surface area (Å²) in [6.45, 7) is 0. The number of hydrogen-bond donors (Lipinski definition) is 1. The first-order valence-corrected chi connectivity index (χ1v) is 6.18. The standard InChI is InChI=1S/C13H15ClN2O.ClH/c14-13-7-12(4-1-9(13)8-15)17-11-5-2-10(16)3-6-11;/h1,4,7,10-11H,2-3,5-6,16H2;1H. The molecule has 1 aliphatic rings. The lowest BCUT2D eigenvalue weighted by atomic mass is 9.94. The van der Waals surface area contributed by atoms with Crippen LogP contribution in [-0.2, 0) is 0 Å². The van der Waals surface area contributed by atoms with E-state index in [-0.39, 0.29) is 18.5 Å². The topological polar surface area (TPSA) is 59.0 Å². The van der Waals surface area contributed by atoms with Gasteiger partial charge < -0.3 is 10.5 Å². The minimum absolute atomic E-state index is 0. The van der Waals surface area contributed by atoms with Crippen molar-refractivity contribution in [3.8, 4) is 11.8 Å². The van der Waals surface area contributed by atoms with Gasteiger partial charge in [0.15, 0.2) is 0 Å². The van der Waals surface area contributed by atoms with Crippen molar-refractivity contribution in [3.05, 3.63) is 28.8 Å². The van der Waals surface area contributed by atoms with Crippen LogP contribution in [0.25, 0.3) is 0 Å². The number of halogens is 2. The molecule has 1 aromatic carbocycles. The van der Waals surface area contributed by atoms with Gasteiger partial charge >= 0.3 is 0 Å². The van der Waals surface area contributed by atoms with Crippen LogP contribution in [0.1, 0.15) is 31.2 Å². The number of ether oxygens (including phenoxy) is 1. The number of hydrogen-bond acceptors (Lipinski definition) is 3. The Bertz CT molecular complexity index is 437. The van der Waals surface area contributed by atoms with Gasteiger partial charge in [-0.15, -0.1) is 12.4 Å². The molecule has 0 saturated heterocycles. The van der Waals surface area contributed by atoms with Gasteiger partial charge in [0.1, 0.15) is 11.8 Å². The zero-order valence-electron chi connectivity index (χ0n) is 9.93. The third-order valence-corrected chi connectivity index (χ3v) is 3.40. The summed E-state index contributed by atoms with van der Waals surface area (Å²) >= 11 is 5.95. The van der Waals surface area contributed by atoms with Crippen LogP contribution in [0.2, 0.25) is 5.02 Å². The molecule has 0 atom stereocenters. The Morgan fingerprint density at radius 1 is 1.28 bits per heavy atom. The molecule has 0 unspecified atom stereocenters. The van der Waals surface area contributed by atoms with Gasteiger partial charge in [0, 0.05) is 12.1 Å². The Balaban J connectivity index is 0.00000162. The van der Waals surface area contributed by atoms with Crippen LogP contribution in [-0.4, -0.2) is 12.1 Å². The van der Waals surface area contributed by atoms with Crippen molar-refractivity contribution in [2.24, 2.45) is 5.73 Å². The molecular weight excluding hydrogens is 271 g/mol. The predicted molar refractivity (Wildman–Crippen MR) is 74.3 cm³/mol. The minimum atomic E-state index is 0. The normalized spacial score (nSPS) is 22.7. The molecule has 0 amide bonds. The van der Waals surface area contributed by atoms with Crippen LogP contribution >= 0.6 is 24.0 Å². The summed E-state index contributed by atoms with van der Waals surface area (Å²) in [6.07, 6.45) is 4.21. The average Bonchev–Trinajstić information content (AvgIpc) is 2.32. The number of nitrogens with two attached hydrogens (primary N) is 1. The van der Waals surface area contributed by atoms with E-state index in [9.17, 15) is 0 Å². The van der Waals surface area contributed by atoms with Crippen LogP contribution in [0, 0.1) is 11.3 Å². The first kappa shape index (κ1) is 15.1. The van der Waals surface area contributed by atoms with Gasteiger partial charge in [-0.2, -0.15) is 5.26 Å². The number of rotatable bonds is 2. The fourth-order valence-corrected chi connectivity index (χ4v) is 2.27. The molecule has 5 heteroatoms. The second-order valence-corrected chi connectivity index (χ2v) is 4.82. The maximum atomic E-state index is 8.77. The van der Waals surface area contributed by atoms with Gasteiger partial charge in [0.05, 0.1) is 16.7 Å². The molecule has 2 rings (SSSR count). The Morgan fingerprint density at radius 3 is 2.50 bits per heavy atom. The van der Waals surface area contributed by atoms with E-state index in [1.165, 1.54) is 0 Å². The Kier molecular flexibility index (Phi) is 5.74. The van der Waals surface area contributed by atoms with Crippen molar-refractivity contribution in [1.82, 2.24) is 0 Å². The SMILES string of the molecule is Cl.N#Cc1ccc(OC2CCC(N)CC2)cc1Cl. The van der Waals surface area contributed by atoms with Crippen molar-refractivity contribution in [2.75, 3.05) is 0 Å². The summed E-state index contributed by atoms with van der Waals surface area (Å²) in [7, 11) is 0. The summed E-state index contributed by atoms with van der Waals surface area (Å²) in [5.41, 5.74) is 6.32. The molecule has 0 heterocycles. The lowest BCUT2D eigenvalue weighted by Gasteiger charge is -2.26.